The molecule has 3 heterocycles. The first-order valence-electron chi connectivity index (χ1n) is 8.40. The summed E-state index contributed by atoms with van der Waals surface area (Å²) in [5.41, 5.74) is 0.801. The summed E-state index contributed by atoms with van der Waals surface area (Å²) in [6, 6.07) is 7.43. The average Bonchev–Trinajstić information content (AvgIpc) is 3.33. The molecule has 1 amide bonds. The third-order valence-electron chi connectivity index (χ3n) is 4.19. The molecule has 140 valence electrons. The molecule has 4 rings (SSSR count). The van der Waals surface area contributed by atoms with Crippen LogP contribution in [0, 0.1) is 0 Å². The van der Waals surface area contributed by atoms with Crippen molar-refractivity contribution in [3.05, 3.63) is 45.6 Å². The number of carbonyl (C=O) groups is 1. The molecule has 0 spiro atoms. The van der Waals surface area contributed by atoms with E-state index in [1.54, 1.807) is 11.0 Å². The second-order valence-electron chi connectivity index (χ2n) is 5.89. The van der Waals surface area contributed by atoms with E-state index in [9.17, 15) is 9.59 Å². The first-order valence-corrected chi connectivity index (χ1v) is 10.3. The summed E-state index contributed by atoms with van der Waals surface area (Å²) in [4.78, 5) is 34.2. The third kappa shape index (κ3) is 3.79. The quantitative estimate of drug-likeness (QED) is 0.503. The van der Waals surface area contributed by atoms with Crippen molar-refractivity contribution in [2.45, 2.75) is 18.6 Å². The van der Waals surface area contributed by atoms with E-state index in [0.29, 0.717) is 34.2 Å². The predicted octanol–water partition coefficient (Wildman–Crippen LogP) is 2.85. The molecule has 0 unspecified atom stereocenters. The van der Waals surface area contributed by atoms with Gasteiger partial charge >= 0.3 is 0 Å². The Morgan fingerprint density at radius 1 is 1.33 bits per heavy atom. The molecule has 0 saturated carbocycles. The molecule has 0 bridgehead atoms. The highest BCUT2D eigenvalue weighted by atomic mass is 32.2. The molecule has 7 nitrogen and oxygen atoms in total. The van der Waals surface area contributed by atoms with Crippen LogP contribution in [0.5, 0.6) is 11.5 Å². The largest absolute Gasteiger partial charge is 0.454 e. The van der Waals surface area contributed by atoms with E-state index >= 15 is 0 Å². The Kier molecular flexibility index (Phi) is 5.04. The summed E-state index contributed by atoms with van der Waals surface area (Å²) in [5, 5.41) is 2.87. The maximum atomic E-state index is 12.6. The number of fused-ring (bicyclic) bond motifs is 2. The number of aromatic amines is 1. The van der Waals surface area contributed by atoms with Gasteiger partial charge in [-0.05, 0) is 36.1 Å². The number of aromatic nitrogens is 2. The average molecular weight is 403 g/mol. The molecule has 1 aliphatic rings. The number of thiophene rings is 1. The van der Waals surface area contributed by atoms with Crippen LogP contribution in [0.25, 0.3) is 10.2 Å². The number of nitrogens with one attached hydrogen (secondary N) is 1. The topological polar surface area (TPSA) is 84.5 Å². The van der Waals surface area contributed by atoms with E-state index in [-0.39, 0.29) is 24.0 Å². The van der Waals surface area contributed by atoms with Crippen LogP contribution >= 0.6 is 23.1 Å². The van der Waals surface area contributed by atoms with Gasteiger partial charge in [-0.2, -0.15) is 0 Å². The highest BCUT2D eigenvalue weighted by Gasteiger charge is 2.17. The minimum absolute atomic E-state index is 0.0194. The molecule has 27 heavy (non-hydrogen) atoms. The summed E-state index contributed by atoms with van der Waals surface area (Å²) in [6.45, 7) is 3.24. The lowest BCUT2D eigenvalue weighted by molar-refractivity contribution is -0.128. The number of rotatable bonds is 6. The lowest BCUT2D eigenvalue weighted by Crippen LogP contribution is -2.31. The van der Waals surface area contributed by atoms with Gasteiger partial charge in [-0.3, -0.25) is 9.59 Å². The van der Waals surface area contributed by atoms with Crippen molar-refractivity contribution >= 4 is 39.2 Å². The smallest absolute Gasteiger partial charge is 0.260 e. The number of ether oxygens (including phenoxy) is 2. The SMILES string of the molecule is CCN(Cc1ccc2c(c1)OCO2)C(=O)CSc1nc2sccc2c(=O)[nH]1. The molecule has 0 aliphatic carbocycles. The normalized spacial score (nSPS) is 12.5. The Bertz CT molecular complexity index is 1050. The van der Waals surface area contributed by atoms with Crippen LogP contribution in [0.15, 0.2) is 39.6 Å². The molecule has 0 fully saturated rings. The molecular formula is C18H17N3O4S2. The van der Waals surface area contributed by atoms with E-state index in [4.69, 9.17) is 9.47 Å². The van der Waals surface area contributed by atoms with Gasteiger partial charge in [-0.25, -0.2) is 4.98 Å². The molecule has 0 radical (unpaired) electrons. The van der Waals surface area contributed by atoms with Crippen molar-refractivity contribution in [1.82, 2.24) is 14.9 Å². The summed E-state index contributed by atoms with van der Waals surface area (Å²) < 4.78 is 10.7. The Labute approximate surface area is 163 Å². The molecule has 0 saturated heterocycles. The molecule has 1 aliphatic heterocycles. The fraction of sp³-hybridized carbons (Fsp3) is 0.278. The van der Waals surface area contributed by atoms with Crippen molar-refractivity contribution in [3.8, 4) is 11.5 Å². The van der Waals surface area contributed by atoms with E-state index in [2.05, 4.69) is 9.97 Å². The first-order chi connectivity index (χ1) is 13.1. The minimum Gasteiger partial charge on any atom is -0.454 e. The zero-order valence-electron chi connectivity index (χ0n) is 14.6. The van der Waals surface area contributed by atoms with Gasteiger partial charge in [0.05, 0.1) is 11.1 Å². The fourth-order valence-electron chi connectivity index (χ4n) is 2.77. The van der Waals surface area contributed by atoms with Crippen LogP contribution in [0.3, 0.4) is 0 Å². The van der Waals surface area contributed by atoms with Crippen LogP contribution in [0.1, 0.15) is 12.5 Å². The van der Waals surface area contributed by atoms with Crippen LogP contribution in [-0.2, 0) is 11.3 Å². The summed E-state index contributed by atoms with van der Waals surface area (Å²) >= 11 is 2.65. The number of hydrogen-bond donors (Lipinski definition) is 1. The van der Waals surface area contributed by atoms with Crippen LogP contribution < -0.4 is 15.0 Å². The van der Waals surface area contributed by atoms with Gasteiger partial charge in [0.25, 0.3) is 5.56 Å². The number of amides is 1. The highest BCUT2D eigenvalue weighted by Crippen LogP contribution is 2.32. The number of hydrogen-bond acceptors (Lipinski definition) is 7. The van der Waals surface area contributed by atoms with Gasteiger partial charge in [0.2, 0.25) is 12.7 Å². The van der Waals surface area contributed by atoms with Crippen LogP contribution in [0.4, 0.5) is 0 Å². The molecule has 1 aromatic carbocycles. The minimum atomic E-state index is -0.177. The predicted molar refractivity (Wildman–Crippen MR) is 105 cm³/mol. The Morgan fingerprint density at radius 3 is 3.04 bits per heavy atom. The molecule has 9 heteroatoms. The van der Waals surface area contributed by atoms with Crippen molar-refractivity contribution in [1.29, 1.82) is 0 Å². The summed E-state index contributed by atoms with van der Waals surface area (Å²) in [6.07, 6.45) is 0. The number of benzene rings is 1. The number of H-pyrrole nitrogens is 1. The van der Waals surface area contributed by atoms with Crippen molar-refractivity contribution < 1.29 is 14.3 Å². The molecule has 0 atom stereocenters. The lowest BCUT2D eigenvalue weighted by Gasteiger charge is -2.21. The zero-order valence-corrected chi connectivity index (χ0v) is 16.2. The molecule has 3 aromatic rings. The Morgan fingerprint density at radius 2 is 2.19 bits per heavy atom. The van der Waals surface area contributed by atoms with Gasteiger partial charge in [-0.1, -0.05) is 17.8 Å². The highest BCUT2D eigenvalue weighted by molar-refractivity contribution is 7.99. The van der Waals surface area contributed by atoms with Crippen molar-refractivity contribution in [3.63, 3.8) is 0 Å². The number of thioether (sulfide) groups is 1. The fourth-order valence-corrected chi connectivity index (χ4v) is 4.36. The van der Waals surface area contributed by atoms with Gasteiger partial charge in [0, 0.05) is 13.1 Å². The molecular weight excluding hydrogens is 386 g/mol. The van der Waals surface area contributed by atoms with E-state index in [0.717, 1.165) is 11.3 Å². The van der Waals surface area contributed by atoms with Gasteiger partial charge < -0.3 is 19.4 Å². The van der Waals surface area contributed by atoms with Gasteiger partial charge in [0.15, 0.2) is 16.7 Å². The second kappa shape index (κ2) is 7.61. The monoisotopic (exact) mass is 403 g/mol. The Hall–Kier alpha value is -2.52. The van der Waals surface area contributed by atoms with E-state index < -0.39 is 0 Å². The zero-order chi connectivity index (χ0) is 18.8. The molecule has 2 aromatic heterocycles. The maximum Gasteiger partial charge on any atom is 0.260 e. The van der Waals surface area contributed by atoms with E-state index in [1.165, 1.54) is 23.1 Å². The second-order valence-corrected chi connectivity index (χ2v) is 7.75. The number of nitrogens with zero attached hydrogens (tertiary/aromatic N) is 2. The van der Waals surface area contributed by atoms with Crippen LogP contribution in [0.2, 0.25) is 0 Å². The van der Waals surface area contributed by atoms with E-state index in [1.807, 2.05) is 30.5 Å². The van der Waals surface area contributed by atoms with Crippen LogP contribution in [-0.4, -0.2) is 39.9 Å². The number of carbonyl (C=O) groups excluding carboxylic acids is 1. The maximum absolute atomic E-state index is 12.6. The lowest BCUT2D eigenvalue weighted by atomic mass is 10.2. The van der Waals surface area contributed by atoms with Crippen molar-refractivity contribution in [2.75, 3.05) is 19.1 Å². The van der Waals surface area contributed by atoms with Gasteiger partial charge in [-0.15, -0.1) is 11.3 Å². The first kappa shape index (κ1) is 17.9. The Balaban J connectivity index is 1.41. The standard InChI is InChI=1S/C18H17N3O4S2/c1-2-21(8-11-3-4-13-14(7-11)25-10-24-13)15(22)9-27-18-19-16(23)12-5-6-26-17(12)20-18/h3-7H,2,8-10H2,1H3,(H,19,20,23). The molecule has 1 N–H and O–H groups in total. The summed E-state index contributed by atoms with van der Waals surface area (Å²) in [5.74, 6) is 1.62. The third-order valence-corrected chi connectivity index (χ3v) is 5.85. The van der Waals surface area contributed by atoms with Crippen molar-refractivity contribution in [2.24, 2.45) is 0 Å². The summed E-state index contributed by atoms with van der Waals surface area (Å²) in [7, 11) is 0. The van der Waals surface area contributed by atoms with Gasteiger partial charge in [0.1, 0.15) is 4.83 Å².